The van der Waals surface area contributed by atoms with Gasteiger partial charge in [-0.3, -0.25) is 4.79 Å². The van der Waals surface area contributed by atoms with Crippen molar-refractivity contribution >= 4 is 11.7 Å². The first kappa shape index (κ1) is 15.1. The van der Waals surface area contributed by atoms with E-state index in [1.807, 2.05) is 80.5 Å². The molecule has 0 amide bonds. The van der Waals surface area contributed by atoms with E-state index < -0.39 is 11.9 Å². The summed E-state index contributed by atoms with van der Waals surface area (Å²) >= 11 is 0. The molecule has 0 fully saturated rings. The molecular weight excluding hydrogens is 262 g/mol. The zero-order chi connectivity index (χ0) is 15.4. The zero-order valence-corrected chi connectivity index (χ0v) is 12.7. The number of aliphatic carboxylic acids is 1. The van der Waals surface area contributed by atoms with Crippen molar-refractivity contribution in [3.8, 4) is 0 Å². The number of carbonyl (C=O) groups is 1. The van der Waals surface area contributed by atoms with Gasteiger partial charge in [0.05, 0.1) is 5.92 Å². The Balaban J connectivity index is 2.40. The molecule has 0 bridgehead atoms. The predicted octanol–water partition coefficient (Wildman–Crippen LogP) is 3.72. The lowest BCUT2D eigenvalue weighted by Gasteiger charge is -2.22. The summed E-state index contributed by atoms with van der Waals surface area (Å²) in [6.45, 7) is 1.97. The number of carboxylic acid groups (broad SMARTS) is 1. The van der Waals surface area contributed by atoms with Crippen LogP contribution in [0.15, 0.2) is 54.6 Å². The fourth-order valence-corrected chi connectivity index (χ4v) is 2.59. The van der Waals surface area contributed by atoms with Crippen molar-refractivity contribution in [1.29, 1.82) is 0 Å². The Bertz CT molecular complexity index is 608. The van der Waals surface area contributed by atoms with Crippen molar-refractivity contribution in [3.05, 3.63) is 65.7 Å². The second-order valence-corrected chi connectivity index (χ2v) is 5.50. The van der Waals surface area contributed by atoms with Crippen molar-refractivity contribution < 1.29 is 9.90 Å². The van der Waals surface area contributed by atoms with Crippen molar-refractivity contribution in [2.75, 3.05) is 19.0 Å². The summed E-state index contributed by atoms with van der Waals surface area (Å²) < 4.78 is 0. The average molecular weight is 283 g/mol. The number of benzene rings is 2. The van der Waals surface area contributed by atoms with Gasteiger partial charge >= 0.3 is 5.97 Å². The molecule has 3 nitrogen and oxygen atoms in total. The molecule has 0 aliphatic carbocycles. The van der Waals surface area contributed by atoms with Crippen molar-refractivity contribution in [2.24, 2.45) is 0 Å². The number of hydrogen-bond acceptors (Lipinski definition) is 2. The topological polar surface area (TPSA) is 40.5 Å². The Morgan fingerprint density at radius 1 is 1.00 bits per heavy atom. The molecule has 2 atom stereocenters. The van der Waals surface area contributed by atoms with Crippen molar-refractivity contribution in [3.63, 3.8) is 0 Å². The Labute approximate surface area is 125 Å². The van der Waals surface area contributed by atoms with E-state index in [0.717, 1.165) is 16.8 Å². The number of nitrogens with zero attached hydrogens (tertiary/aromatic N) is 1. The minimum Gasteiger partial charge on any atom is -0.481 e. The van der Waals surface area contributed by atoms with Crippen LogP contribution in [0.3, 0.4) is 0 Å². The Morgan fingerprint density at radius 2 is 1.62 bits per heavy atom. The maximum atomic E-state index is 11.8. The van der Waals surface area contributed by atoms with Gasteiger partial charge in [-0.25, -0.2) is 0 Å². The summed E-state index contributed by atoms with van der Waals surface area (Å²) in [5.74, 6) is -1.42. The SMILES string of the molecule is CC(c1ccccc1)C(C(=O)O)c1cccc(N(C)C)c1. The summed E-state index contributed by atoms with van der Waals surface area (Å²) in [6, 6.07) is 17.5. The van der Waals surface area contributed by atoms with Gasteiger partial charge < -0.3 is 10.0 Å². The molecule has 0 aliphatic heterocycles. The number of anilines is 1. The highest BCUT2D eigenvalue weighted by Crippen LogP contribution is 2.34. The van der Waals surface area contributed by atoms with E-state index in [1.54, 1.807) is 0 Å². The van der Waals surface area contributed by atoms with Crippen LogP contribution in [0.1, 0.15) is 29.9 Å². The van der Waals surface area contributed by atoms with Gasteiger partial charge in [-0.1, -0.05) is 49.4 Å². The van der Waals surface area contributed by atoms with Gasteiger partial charge in [-0.05, 0) is 29.2 Å². The lowest BCUT2D eigenvalue weighted by molar-refractivity contribution is -0.139. The summed E-state index contributed by atoms with van der Waals surface area (Å²) in [5, 5.41) is 9.67. The van der Waals surface area contributed by atoms with Gasteiger partial charge in [0, 0.05) is 19.8 Å². The van der Waals surface area contributed by atoms with Crippen molar-refractivity contribution in [2.45, 2.75) is 18.8 Å². The first-order valence-electron chi connectivity index (χ1n) is 7.05. The molecule has 2 unspecified atom stereocenters. The molecule has 21 heavy (non-hydrogen) atoms. The quantitative estimate of drug-likeness (QED) is 0.909. The van der Waals surface area contributed by atoms with E-state index >= 15 is 0 Å². The lowest BCUT2D eigenvalue weighted by Crippen LogP contribution is -2.19. The Kier molecular flexibility index (Phi) is 4.63. The summed E-state index contributed by atoms with van der Waals surface area (Å²) in [4.78, 5) is 13.8. The van der Waals surface area contributed by atoms with E-state index in [4.69, 9.17) is 0 Å². The smallest absolute Gasteiger partial charge is 0.311 e. The largest absolute Gasteiger partial charge is 0.481 e. The molecule has 1 N–H and O–H groups in total. The molecule has 0 aliphatic rings. The number of hydrogen-bond donors (Lipinski definition) is 1. The number of carboxylic acids is 1. The molecule has 0 radical (unpaired) electrons. The van der Waals surface area contributed by atoms with Gasteiger partial charge in [0.2, 0.25) is 0 Å². The van der Waals surface area contributed by atoms with Crippen LogP contribution in [0.5, 0.6) is 0 Å². The van der Waals surface area contributed by atoms with Crippen LogP contribution >= 0.6 is 0 Å². The first-order valence-corrected chi connectivity index (χ1v) is 7.05. The highest BCUT2D eigenvalue weighted by molar-refractivity contribution is 5.78. The van der Waals surface area contributed by atoms with Crippen LogP contribution in [0.4, 0.5) is 5.69 Å². The zero-order valence-electron chi connectivity index (χ0n) is 12.7. The van der Waals surface area contributed by atoms with Crippen LogP contribution in [-0.4, -0.2) is 25.2 Å². The van der Waals surface area contributed by atoms with Crippen LogP contribution in [0, 0.1) is 0 Å². The number of rotatable bonds is 5. The molecule has 0 aromatic heterocycles. The van der Waals surface area contributed by atoms with Crippen LogP contribution in [0.2, 0.25) is 0 Å². The van der Waals surface area contributed by atoms with E-state index in [0.29, 0.717) is 0 Å². The van der Waals surface area contributed by atoms with Crippen LogP contribution in [0.25, 0.3) is 0 Å². The third-order valence-electron chi connectivity index (χ3n) is 3.84. The molecule has 2 rings (SSSR count). The molecular formula is C18H21NO2. The highest BCUT2D eigenvalue weighted by atomic mass is 16.4. The Morgan fingerprint density at radius 3 is 2.19 bits per heavy atom. The van der Waals surface area contributed by atoms with Gasteiger partial charge in [-0.15, -0.1) is 0 Å². The third kappa shape index (κ3) is 3.43. The molecule has 3 heteroatoms. The predicted molar refractivity (Wildman–Crippen MR) is 86.0 cm³/mol. The maximum absolute atomic E-state index is 11.8. The molecule has 110 valence electrons. The van der Waals surface area contributed by atoms with E-state index in [9.17, 15) is 9.90 Å². The fourth-order valence-electron chi connectivity index (χ4n) is 2.59. The fraction of sp³-hybridized carbons (Fsp3) is 0.278. The monoisotopic (exact) mass is 283 g/mol. The molecule has 2 aromatic rings. The summed E-state index contributed by atoms with van der Waals surface area (Å²) in [6.07, 6.45) is 0. The minimum atomic E-state index is -0.790. The van der Waals surface area contributed by atoms with E-state index in [1.165, 1.54) is 0 Å². The van der Waals surface area contributed by atoms with Gasteiger partial charge in [0.25, 0.3) is 0 Å². The molecule has 0 saturated carbocycles. The third-order valence-corrected chi connectivity index (χ3v) is 3.84. The first-order chi connectivity index (χ1) is 10.0. The highest BCUT2D eigenvalue weighted by Gasteiger charge is 2.27. The second kappa shape index (κ2) is 6.44. The lowest BCUT2D eigenvalue weighted by atomic mass is 9.82. The van der Waals surface area contributed by atoms with Gasteiger partial charge in [0.15, 0.2) is 0 Å². The van der Waals surface area contributed by atoms with Crippen molar-refractivity contribution in [1.82, 2.24) is 0 Å². The van der Waals surface area contributed by atoms with Gasteiger partial charge in [-0.2, -0.15) is 0 Å². The van der Waals surface area contributed by atoms with E-state index in [2.05, 4.69) is 0 Å². The summed E-state index contributed by atoms with van der Waals surface area (Å²) in [5.41, 5.74) is 2.89. The molecule has 0 heterocycles. The summed E-state index contributed by atoms with van der Waals surface area (Å²) in [7, 11) is 3.91. The minimum absolute atomic E-state index is 0.0823. The van der Waals surface area contributed by atoms with E-state index in [-0.39, 0.29) is 5.92 Å². The van der Waals surface area contributed by atoms with Gasteiger partial charge in [0.1, 0.15) is 0 Å². The van der Waals surface area contributed by atoms with Crippen LogP contribution < -0.4 is 4.90 Å². The average Bonchev–Trinajstić information content (AvgIpc) is 2.48. The Hall–Kier alpha value is -2.29. The molecule has 2 aromatic carbocycles. The van der Waals surface area contributed by atoms with Crippen LogP contribution in [-0.2, 0) is 4.79 Å². The maximum Gasteiger partial charge on any atom is 0.311 e. The normalized spacial score (nSPS) is 13.5. The standard InChI is InChI=1S/C18H21NO2/c1-13(14-8-5-4-6-9-14)17(18(20)21)15-10-7-11-16(12-15)19(2)3/h4-13,17H,1-3H3,(H,20,21). The second-order valence-electron chi connectivity index (χ2n) is 5.50. The molecule has 0 saturated heterocycles. The molecule has 0 spiro atoms.